The van der Waals surface area contributed by atoms with Gasteiger partial charge in [-0.25, -0.2) is 13.6 Å². The second kappa shape index (κ2) is 6.13. The second-order valence-electron chi connectivity index (χ2n) is 5.29. The van der Waals surface area contributed by atoms with E-state index in [-0.39, 0.29) is 17.4 Å². The van der Waals surface area contributed by atoms with E-state index in [9.17, 15) is 18.4 Å². The Balaban J connectivity index is 2.36. The van der Waals surface area contributed by atoms with Crippen molar-refractivity contribution in [2.24, 2.45) is 0 Å². The summed E-state index contributed by atoms with van der Waals surface area (Å²) in [6.45, 7) is 4.95. The molecule has 0 aliphatic rings. The average molecular weight is 309 g/mol. The number of hydrogen-bond acceptors (Lipinski definition) is 3. The zero-order valence-corrected chi connectivity index (χ0v) is 12.5. The van der Waals surface area contributed by atoms with Gasteiger partial charge >= 0.3 is 5.69 Å². The lowest BCUT2D eigenvalue weighted by Gasteiger charge is -2.17. The highest BCUT2D eigenvalue weighted by Crippen LogP contribution is 2.22. The summed E-state index contributed by atoms with van der Waals surface area (Å²) in [4.78, 5) is 26.3. The molecule has 1 heterocycles. The van der Waals surface area contributed by atoms with Crippen LogP contribution in [-0.4, -0.2) is 9.55 Å². The molecule has 0 fully saturated rings. The summed E-state index contributed by atoms with van der Waals surface area (Å²) in [5.74, 6) is -1.28. The van der Waals surface area contributed by atoms with Crippen molar-refractivity contribution in [1.29, 1.82) is 0 Å². The smallest absolute Gasteiger partial charge is 0.330 e. The van der Waals surface area contributed by atoms with Crippen LogP contribution in [0.2, 0.25) is 0 Å². The van der Waals surface area contributed by atoms with E-state index in [0.29, 0.717) is 0 Å². The van der Waals surface area contributed by atoms with Gasteiger partial charge in [-0.3, -0.25) is 14.3 Å². The fourth-order valence-corrected chi connectivity index (χ4v) is 2.30. The molecule has 1 atom stereocenters. The Morgan fingerprint density at radius 3 is 2.23 bits per heavy atom. The number of aromatic nitrogens is 2. The van der Waals surface area contributed by atoms with Crippen molar-refractivity contribution in [1.82, 2.24) is 9.55 Å². The van der Waals surface area contributed by atoms with E-state index >= 15 is 0 Å². The van der Waals surface area contributed by atoms with Crippen molar-refractivity contribution in [3.8, 4) is 0 Å². The van der Waals surface area contributed by atoms with Gasteiger partial charge in [0.2, 0.25) is 0 Å². The highest BCUT2D eigenvalue weighted by molar-refractivity contribution is 5.37. The van der Waals surface area contributed by atoms with Gasteiger partial charge in [0.05, 0.1) is 6.04 Å². The first-order valence-corrected chi connectivity index (χ1v) is 6.87. The van der Waals surface area contributed by atoms with E-state index in [1.54, 1.807) is 13.8 Å². The monoisotopic (exact) mass is 309 g/mol. The molecule has 0 spiro atoms. The Morgan fingerprint density at radius 1 is 1.14 bits per heavy atom. The lowest BCUT2D eigenvalue weighted by Crippen LogP contribution is -2.36. The second-order valence-corrected chi connectivity index (χ2v) is 5.29. The Kier molecular flexibility index (Phi) is 4.44. The molecular weight excluding hydrogens is 292 g/mol. The summed E-state index contributed by atoms with van der Waals surface area (Å²) in [5.41, 5.74) is -1.22. The summed E-state index contributed by atoms with van der Waals surface area (Å²) in [5, 5.41) is 2.74. The highest BCUT2D eigenvalue weighted by atomic mass is 19.1. The van der Waals surface area contributed by atoms with Crippen LogP contribution < -0.4 is 16.6 Å². The van der Waals surface area contributed by atoms with Gasteiger partial charge in [-0.15, -0.1) is 0 Å². The van der Waals surface area contributed by atoms with Crippen LogP contribution >= 0.6 is 0 Å². The van der Waals surface area contributed by atoms with Gasteiger partial charge < -0.3 is 5.32 Å². The molecule has 1 aromatic carbocycles. The zero-order chi connectivity index (χ0) is 16.4. The maximum absolute atomic E-state index is 13.7. The molecule has 118 valence electrons. The molecule has 2 N–H and O–H groups in total. The Bertz CT molecular complexity index is 745. The maximum atomic E-state index is 13.7. The van der Waals surface area contributed by atoms with Crippen molar-refractivity contribution >= 4 is 5.82 Å². The topological polar surface area (TPSA) is 66.9 Å². The zero-order valence-electron chi connectivity index (χ0n) is 12.5. The molecule has 0 aliphatic heterocycles. The van der Waals surface area contributed by atoms with Gasteiger partial charge in [0, 0.05) is 17.7 Å². The fourth-order valence-electron chi connectivity index (χ4n) is 2.30. The first kappa shape index (κ1) is 15.9. The number of rotatable bonds is 4. The number of anilines is 1. The molecule has 0 amide bonds. The molecule has 0 saturated heterocycles. The van der Waals surface area contributed by atoms with Gasteiger partial charge in [-0.2, -0.15) is 0 Å². The van der Waals surface area contributed by atoms with Gasteiger partial charge in [-0.05, 0) is 32.9 Å². The third-order valence-electron chi connectivity index (χ3n) is 3.29. The van der Waals surface area contributed by atoms with E-state index in [1.807, 2.05) is 0 Å². The lowest BCUT2D eigenvalue weighted by atomic mass is 10.1. The third-order valence-corrected chi connectivity index (χ3v) is 3.29. The van der Waals surface area contributed by atoms with Gasteiger partial charge in [-0.1, -0.05) is 6.07 Å². The van der Waals surface area contributed by atoms with Crippen LogP contribution in [0.25, 0.3) is 0 Å². The molecule has 0 radical (unpaired) electrons. The van der Waals surface area contributed by atoms with Gasteiger partial charge in [0.15, 0.2) is 0 Å². The number of nitrogens with one attached hydrogen (secondary N) is 2. The fraction of sp³-hybridized carbons (Fsp3) is 0.333. The first-order valence-electron chi connectivity index (χ1n) is 6.87. The summed E-state index contributed by atoms with van der Waals surface area (Å²) in [7, 11) is 0. The van der Waals surface area contributed by atoms with E-state index in [1.165, 1.54) is 19.1 Å². The minimum Gasteiger partial charge on any atom is -0.365 e. The summed E-state index contributed by atoms with van der Waals surface area (Å²) >= 11 is 0. The molecular formula is C15H17F2N3O2. The van der Waals surface area contributed by atoms with Gasteiger partial charge in [0.25, 0.3) is 5.56 Å². The lowest BCUT2D eigenvalue weighted by molar-refractivity contribution is 0.539. The largest absolute Gasteiger partial charge is 0.365 e. The number of H-pyrrole nitrogens is 1. The number of hydrogen-bond donors (Lipinski definition) is 2. The van der Waals surface area contributed by atoms with Crippen LogP contribution in [0, 0.1) is 11.6 Å². The van der Waals surface area contributed by atoms with Crippen LogP contribution in [0.3, 0.4) is 0 Å². The van der Waals surface area contributed by atoms with Crippen molar-refractivity contribution in [3.63, 3.8) is 0 Å². The standard InChI is InChI=1S/C15H17F2N3O2/c1-8(2)20-13(21)7-12(19-15(20)22)18-9(3)14-10(16)5-4-6-11(14)17/h4-9,18H,1-3H3,(H,19,22)/t9-/m1/s1. The molecule has 2 rings (SSSR count). The minimum atomic E-state index is -0.758. The SMILES string of the molecule is CC(C)n1c(=O)cc(N[C@H](C)c2c(F)cccc2F)[nH]c1=O. The molecule has 2 aromatic rings. The van der Waals surface area contributed by atoms with E-state index in [0.717, 1.165) is 16.7 Å². The number of aromatic amines is 1. The van der Waals surface area contributed by atoms with Crippen molar-refractivity contribution in [2.45, 2.75) is 32.9 Å². The maximum Gasteiger partial charge on any atom is 0.330 e. The molecule has 0 unspecified atom stereocenters. The van der Waals surface area contributed by atoms with Crippen LogP contribution in [0.5, 0.6) is 0 Å². The average Bonchev–Trinajstić information content (AvgIpc) is 2.36. The third kappa shape index (κ3) is 3.08. The normalized spacial score (nSPS) is 12.5. The molecule has 22 heavy (non-hydrogen) atoms. The summed E-state index contributed by atoms with van der Waals surface area (Å²) in [6.07, 6.45) is 0. The van der Waals surface area contributed by atoms with Crippen LogP contribution in [-0.2, 0) is 0 Å². The number of benzene rings is 1. The molecule has 0 aliphatic carbocycles. The molecule has 1 aromatic heterocycles. The highest BCUT2D eigenvalue weighted by Gasteiger charge is 2.17. The van der Waals surface area contributed by atoms with Crippen LogP contribution in [0.15, 0.2) is 33.9 Å². The number of halogens is 2. The van der Waals surface area contributed by atoms with Crippen molar-refractivity contribution < 1.29 is 8.78 Å². The van der Waals surface area contributed by atoms with Crippen LogP contribution in [0.1, 0.15) is 38.4 Å². The van der Waals surface area contributed by atoms with E-state index in [2.05, 4.69) is 10.3 Å². The predicted molar refractivity (Wildman–Crippen MR) is 80.1 cm³/mol. The van der Waals surface area contributed by atoms with Crippen LogP contribution in [0.4, 0.5) is 14.6 Å². The quantitative estimate of drug-likeness (QED) is 0.912. The van der Waals surface area contributed by atoms with Gasteiger partial charge in [0.1, 0.15) is 17.5 Å². The minimum absolute atomic E-state index is 0.113. The molecule has 0 bridgehead atoms. The van der Waals surface area contributed by atoms with Crippen molar-refractivity contribution in [3.05, 3.63) is 62.3 Å². The van der Waals surface area contributed by atoms with E-state index < -0.39 is 28.9 Å². The summed E-state index contributed by atoms with van der Waals surface area (Å²) < 4.78 is 28.5. The molecule has 7 heteroatoms. The number of nitrogens with zero attached hydrogens (tertiary/aromatic N) is 1. The Labute approximate surface area is 125 Å². The van der Waals surface area contributed by atoms with Crippen molar-refractivity contribution in [2.75, 3.05) is 5.32 Å². The molecule has 5 nitrogen and oxygen atoms in total. The Morgan fingerprint density at radius 2 is 1.73 bits per heavy atom. The van der Waals surface area contributed by atoms with E-state index in [4.69, 9.17) is 0 Å². The Hall–Kier alpha value is -2.44. The first-order chi connectivity index (χ1) is 10.3. The predicted octanol–water partition coefficient (Wildman–Crippen LogP) is 2.57. The summed E-state index contributed by atoms with van der Waals surface area (Å²) in [6, 6.07) is 3.72. The molecule has 0 saturated carbocycles.